The van der Waals surface area contributed by atoms with Gasteiger partial charge in [0.25, 0.3) is 0 Å². The zero-order valence-electron chi connectivity index (χ0n) is 9.28. The number of rotatable bonds is 4. The summed E-state index contributed by atoms with van der Waals surface area (Å²) in [6, 6.07) is 4.14. The summed E-state index contributed by atoms with van der Waals surface area (Å²) in [5, 5.41) is 8.74. The van der Waals surface area contributed by atoms with Crippen molar-refractivity contribution in [2.75, 3.05) is 14.2 Å². The number of halogens is 1. The van der Waals surface area contributed by atoms with E-state index in [0.29, 0.717) is 11.5 Å². The molecule has 1 unspecified atom stereocenters. The van der Waals surface area contributed by atoms with Gasteiger partial charge in [-0.15, -0.1) is 0 Å². The van der Waals surface area contributed by atoms with E-state index >= 15 is 0 Å². The van der Waals surface area contributed by atoms with Crippen LogP contribution in [0.25, 0.3) is 0 Å². The Labute approximate surface area is 92.6 Å². The van der Waals surface area contributed by atoms with E-state index < -0.39 is 11.6 Å². The average molecular weight is 228 g/mol. The van der Waals surface area contributed by atoms with Gasteiger partial charge in [0.15, 0.2) is 11.5 Å². The standard InChI is InChI=1S/C11H13FO4/c1-11(12,10(13)14)7-4-5-8(15-2)9(6-7)16-3/h4-6H,1-3H3,(H,13,14). The summed E-state index contributed by atoms with van der Waals surface area (Å²) < 4.78 is 23.7. The fourth-order valence-corrected chi connectivity index (χ4v) is 1.25. The Hall–Kier alpha value is -1.78. The van der Waals surface area contributed by atoms with Crippen molar-refractivity contribution in [3.8, 4) is 11.5 Å². The second-order valence-electron chi connectivity index (χ2n) is 3.38. The van der Waals surface area contributed by atoms with Crippen molar-refractivity contribution < 1.29 is 23.8 Å². The van der Waals surface area contributed by atoms with Crippen LogP contribution in [0, 0.1) is 0 Å². The second-order valence-corrected chi connectivity index (χ2v) is 3.38. The van der Waals surface area contributed by atoms with Crippen molar-refractivity contribution in [1.82, 2.24) is 0 Å². The Kier molecular flexibility index (Phi) is 3.37. The number of hydrogen-bond donors (Lipinski definition) is 1. The van der Waals surface area contributed by atoms with Gasteiger partial charge in [-0.2, -0.15) is 0 Å². The van der Waals surface area contributed by atoms with Crippen LogP contribution in [0.3, 0.4) is 0 Å². The third kappa shape index (κ3) is 2.08. The van der Waals surface area contributed by atoms with Gasteiger partial charge in [0.1, 0.15) is 0 Å². The van der Waals surface area contributed by atoms with Crippen LogP contribution in [0.15, 0.2) is 18.2 Å². The number of ether oxygens (including phenoxy) is 2. The molecule has 0 aliphatic rings. The molecule has 0 amide bonds. The SMILES string of the molecule is COc1ccc(C(C)(F)C(=O)O)cc1OC. The minimum Gasteiger partial charge on any atom is -0.493 e. The van der Waals surface area contributed by atoms with Crippen molar-refractivity contribution in [3.05, 3.63) is 23.8 Å². The van der Waals surface area contributed by atoms with E-state index in [4.69, 9.17) is 14.6 Å². The van der Waals surface area contributed by atoms with Crippen LogP contribution >= 0.6 is 0 Å². The number of methoxy groups -OCH3 is 2. The molecule has 1 N–H and O–H groups in total. The summed E-state index contributed by atoms with van der Waals surface area (Å²) in [6.07, 6.45) is 0. The molecule has 0 heterocycles. The van der Waals surface area contributed by atoms with Crippen molar-refractivity contribution in [1.29, 1.82) is 0 Å². The maximum Gasteiger partial charge on any atom is 0.345 e. The van der Waals surface area contributed by atoms with E-state index in [9.17, 15) is 9.18 Å². The van der Waals surface area contributed by atoms with E-state index in [2.05, 4.69) is 0 Å². The highest BCUT2D eigenvalue weighted by atomic mass is 19.1. The molecule has 16 heavy (non-hydrogen) atoms. The summed E-state index contributed by atoms with van der Waals surface area (Å²) in [4.78, 5) is 10.7. The van der Waals surface area contributed by atoms with E-state index in [0.717, 1.165) is 6.92 Å². The number of carboxylic acids is 1. The van der Waals surface area contributed by atoms with Crippen LogP contribution in [-0.2, 0) is 10.5 Å². The Bertz CT molecular complexity index is 401. The van der Waals surface area contributed by atoms with E-state index in [1.54, 1.807) is 0 Å². The van der Waals surface area contributed by atoms with E-state index in [1.165, 1.54) is 32.4 Å². The first-order chi connectivity index (χ1) is 7.43. The van der Waals surface area contributed by atoms with Gasteiger partial charge in [-0.25, -0.2) is 9.18 Å². The van der Waals surface area contributed by atoms with Crippen molar-refractivity contribution in [3.63, 3.8) is 0 Å². The van der Waals surface area contributed by atoms with Gasteiger partial charge in [-0.05, 0) is 19.1 Å². The highest BCUT2D eigenvalue weighted by Crippen LogP contribution is 2.34. The summed E-state index contributed by atoms with van der Waals surface area (Å²) >= 11 is 0. The average Bonchev–Trinajstić information content (AvgIpc) is 2.27. The molecule has 0 saturated carbocycles. The maximum atomic E-state index is 13.8. The maximum absolute atomic E-state index is 13.8. The molecule has 1 aromatic carbocycles. The molecule has 88 valence electrons. The molecule has 0 radical (unpaired) electrons. The molecular formula is C11H13FO4. The molecule has 0 fully saturated rings. The quantitative estimate of drug-likeness (QED) is 0.856. The molecule has 1 atom stereocenters. The second kappa shape index (κ2) is 4.38. The molecule has 1 aromatic rings. The van der Waals surface area contributed by atoms with E-state index in [1.807, 2.05) is 0 Å². The van der Waals surface area contributed by atoms with Gasteiger partial charge in [0.2, 0.25) is 5.67 Å². The smallest absolute Gasteiger partial charge is 0.345 e. The lowest BCUT2D eigenvalue weighted by atomic mass is 9.98. The molecule has 0 saturated heterocycles. The highest BCUT2D eigenvalue weighted by Gasteiger charge is 2.35. The van der Waals surface area contributed by atoms with Crippen LogP contribution in [0.1, 0.15) is 12.5 Å². The van der Waals surface area contributed by atoms with Crippen LogP contribution < -0.4 is 9.47 Å². The van der Waals surface area contributed by atoms with Gasteiger partial charge < -0.3 is 14.6 Å². The molecule has 0 aromatic heterocycles. The molecular weight excluding hydrogens is 215 g/mol. The van der Waals surface area contributed by atoms with Crippen LogP contribution in [0.2, 0.25) is 0 Å². The summed E-state index contributed by atoms with van der Waals surface area (Å²) in [5.74, 6) is -0.822. The molecule has 4 nitrogen and oxygen atoms in total. The topological polar surface area (TPSA) is 55.8 Å². The number of hydrogen-bond acceptors (Lipinski definition) is 3. The lowest BCUT2D eigenvalue weighted by molar-refractivity contribution is -0.150. The third-order valence-electron chi connectivity index (χ3n) is 2.33. The third-order valence-corrected chi connectivity index (χ3v) is 2.33. The molecule has 0 bridgehead atoms. The van der Waals surface area contributed by atoms with Crippen molar-refractivity contribution in [2.45, 2.75) is 12.6 Å². The van der Waals surface area contributed by atoms with E-state index in [-0.39, 0.29) is 5.56 Å². The Morgan fingerprint density at radius 1 is 1.31 bits per heavy atom. The van der Waals surface area contributed by atoms with Gasteiger partial charge in [-0.1, -0.05) is 6.07 Å². The first kappa shape index (κ1) is 12.3. The fraction of sp³-hybridized carbons (Fsp3) is 0.364. The van der Waals surface area contributed by atoms with Gasteiger partial charge in [0.05, 0.1) is 14.2 Å². The number of carbonyl (C=O) groups is 1. The normalized spacial score (nSPS) is 14.0. The molecule has 5 heteroatoms. The first-order valence-corrected chi connectivity index (χ1v) is 4.58. The van der Waals surface area contributed by atoms with Crippen LogP contribution in [-0.4, -0.2) is 25.3 Å². The van der Waals surface area contributed by atoms with Crippen molar-refractivity contribution >= 4 is 5.97 Å². The van der Waals surface area contributed by atoms with Gasteiger partial charge in [-0.3, -0.25) is 0 Å². The highest BCUT2D eigenvalue weighted by molar-refractivity contribution is 5.79. The molecule has 0 aliphatic carbocycles. The minimum atomic E-state index is -2.44. The number of aliphatic carboxylic acids is 1. The Morgan fingerprint density at radius 3 is 2.31 bits per heavy atom. The predicted molar refractivity (Wildman–Crippen MR) is 55.6 cm³/mol. The molecule has 0 aliphatic heterocycles. The zero-order chi connectivity index (χ0) is 12.3. The van der Waals surface area contributed by atoms with Crippen molar-refractivity contribution in [2.24, 2.45) is 0 Å². The fourth-order valence-electron chi connectivity index (χ4n) is 1.25. The lowest BCUT2D eigenvalue weighted by Gasteiger charge is -2.17. The lowest BCUT2D eigenvalue weighted by Crippen LogP contribution is -2.26. The number of alkyl halides is 1. The Morgan fingerprint density at radius 2 is 1.88 bits per heavy atom. The van der Waals surface area contributed by atoms with Gasteiger partial charge in [0, 0.05) is 5.56 Å². The van der Waals surface area contributed by atoms with Crippen LogP contribution in [0.4, 0.5) is 4.39 Å². The summed E-state index contributed by atoms with van der Waals surface area (Å²) in [6.45, 7) is 0.983. The monoisotopic (exact) mass is 228 g/mol. The van der Waals surface area contributed by atoms with Crippen LogP contribution in [0.5, 0.6) is 11.5 Å². The number of benzene rings is 1. The zero-order valence-corrected chi connectivity index (χ0v) is 9.28. The number of carboxylic acid groups (broad SMARTS) is 1. The largest absolute Gasteiger partial charge is 0.493 e. The molecule has 1 rings (SSSR count). The first-order valence-electron chi connectivity index (χ1n) is 4.58. The predicted octanol–water partition coefficient (Wildman–Crippen LogP) is 1.97. The Balaban J connectivity index is 3.23. The molecule has 0 spiro atoms. The minimum absolute atomic E-state index is 0.0117. The van der Waals surface area contributed by atoms with Gasteiger partial charge >= 0.3 is 5.97 Å². The summed E-state index contributed by atoms with van der Waals surface area (Å²) in [5.41, 5.74) is -2.43. The summed E-state index contributed by atoms with van der Waals surface area (Å²) in [7, 11) is 2.85.